The number of nitrogens with zero attached hydrogens (tertiary/aromatic N) is 7. The van der Waals surface area contributed by atoms with Gasteiger partial charge in [-0.3, -0.25) is 0 Å². The van der Waals surface area contributed by atoms with Crippen molar-refractivity contribution in [3.8, 4) is 40.7 Å². The average Bonchev–Trinajstić information content (AvgIpc) is 1.62. The van der Waals surface area contributed by atoms with Crippen molar-refractivity contribution in [2.24, 2.45) is 0 Å². The number of hydrogen-bond acceptors (Lipinski definition) is 12. The molecule has 13 aromatic carbocycles. The summed E-state index contributed by atoms with van der Waals surface area (Å²) in [6, 6.07) is 101. The highest BCUT2D eigenvalue weighted by Crippen LogP contribution is 2.38. The number of anilines is 1. The smallest absolute Gasteiger partial charge is 0.328 e. The fourth-order valence-corrected chi connectivity index (χ4v) is 21.0. The molecule has 16 aromatic rings. The van der Waals surface area contributed by atoms with Gasteiger partial charge in [0.2, 0.25) is 0 Å². The molecule has 0 fully saturated rings. The molecule has 0 aliphatic carbocycles. The van der Waals surface area contributed by atoms with Gasteiger partial charge in [-0.2, -0.15) is 10.5 Å². The molecule has 6 aliphatic heterocycles. The molecule has 14 nitrogen and oxygen atoms in total. The molecule has 0 saturated carbocycles. The third-order valence-electron chi connectivity index (χ3n) is 25.8. The number of benzene rings is 13. The van der Waals surface area contributed by atoms with Crippen molar-refractivity contribution >= 4 is 165 Å². The van der Waals surface area contributed by atoms with Crippen molar-refractivity contribution in [1.29, 1.82) is 10.5 Å². The molecule has 133 heavy (non-hydrogen) atoms. The second-order valence-electron chi connectivity index (χ2n) is 34.6. The molecule has 0 unspecified atom stereocenters. The molecule has 0 saturated heterocycles. The zero-order chi connectivity index (χ0) is 91.1. The van der Waals surface area contributed by atoms with Crippen LogP contribution in [0.2, 0.25) is 48.0 Å². The van der Waals surface area contributed by atoms with Crippen molar-refractivity contribution in [2.45, 2.75) is 139 Å². The molecular formula is C109H103B6Cl2N7O7S2. The number of thioether (sulfide) groups is 2. The van der Waals surface area contributed by atoms with E-state index < -0.39 is 6.92 Å². The topological polar surface area (TPSA) is 201 Å². The van der Waals surface area contributed by atoms with Crippen LogP contribution in [0.25, 0.3) is 54.6 Å². The number of fused-ring (bicyclic) bond motifs is 9. The zero-order valence-corrected chi connectivity index (χ0v) is 76.9. The predicted octanol–water partition coefficient (Wildman–Crippen LogP) is 20.0. The Kier molecular flexibility index (Phi) is 31.3. The maximum absolute atomic E-state index is 10.2. The fourth-order valence-electron chi connectivity index (χ4n) is 18.8. The van der Waals surface area contributed by atoms with Gasteiger partial charge in [0.05, 0.1) is 35.3 Å². The van der Waals surface area contributed by atoms with Crippen LogP contribution in [0.4, 0.5) is 11.4 Å². The molecule has 6 aliphatic rings. The number of ether oxygens (including phenoxy) is 1. The second-order valence-corrected chi connectivity index (χ2v) is 37.7. The van der Waals surface area contributed by atoms with Crippen molar-refractivity contribution in [2.75, 3.05) is 16.4 Å². The Labute approximate surface area is 801 Å². The quantitative estimate of drug-likeness (QED) is 0.0194. The molecule has 3 aromatic heterocycles. The van der Waals surface area contributed by atoms with Crippen LogP contribution in [0.15, 0.2) is 314 Å². The third-order valence-corrected chi connectivity index (χ3v) is 28.3. The monoisotopic (exact) mass is 1820 g/mol. The van der Waals surface area contributed by atoms with E-state index in [0.29, 0.717) is 35.1 Å². The molecule has 0 radical (unpaired) electrons. The van der Waals surface area contributed by atoms with Crippen LogP contribution in [0.5, 0.6) is 11.5 Å². The van der Waals surface area contributed by atoms with Crippen molar-refractivity contribution in [3.05, 3.63) is 386 Å². The maximum Gasteiger partial charge on any atom is 0.328 e. The average molecular weight is 1820 g/mol. The Balaban J connectivity index is 0.000000117. The first-order valence-electron chi connectivity index (χ1n) is 45.5. The number of aryl methyl sites for hydroxylation is 9. The van der Waals surface area contributed by atoms with Crippen molar-refractivity contribution in [3.63, 3.8) is 0 Å². The fraction of sp³-hybridized carbons (Fsp3) is 0.202. The van der Waals surface area contributed by atoms with E-state index in [1.54, 1.807) is 47.8 Å². The van der Waals surface area contributed by atoms with Gasteiger partial charge in [0.1, 0.15) is 11.5 Å². The van der Waals surface area contributed by atoms with Crippen LogP contribution in [0.1, 0.15) is 81.5 Å². The van der Waals surface area contributed by atoms with Gasteiger partial charge >= 0.3 is 41.5 Å². The first-order valence-corrected chi connectivity index (χ1v) is 48.2. The summed E-state index contributed by atoms with van der Waals surface area (Å²) in [6.07, 6.45) is 20.2. The molecule has 0 atom stereocenters. The van der Waals surface area contributed by atoms with Gasteiger partial charge in [0, 0.05) is 115 Å². The molecule has 22 rings (SSSR count). The first-order chi connectivity index (χ1) is 64.5. The van der Waals surface area contributed by atoms with E-state index in [-0.39, 0.29) is 42.0 Å². The highest BCUT2D eigenvalue weighted by atomic mass is 35.5. The Morgan fingerprint density at radius 3 is 1.37 bits per heavy atom. The summed E-state index contributed by atoms with van der Waals surface area (Å²) >= 11 is 15.6. The molecule has 660 valence electrons. The summed E-state index contributed by atoms with van der Waals surface area (Å²) in [7, 11) is 0. The number of hydrogen-bond donors (Lipinski definition) is 6. The van der Waals surface area contributed by atoms with Gasteiger partial charge < -0.3 is 53.5 Å². The lowest BCUT2D eigenvalue weighted by molar-refractivity contribution is 0.484. The second kappa shape index (κ2) is 44.2. The lowest BCUT2D eigenvalue weighted by Gasteiger charge is -2.26. The van der Waals surface area contributed by atoms with E-state index in [1.165, 1.54) is 71.6 Å². The Morgan fingerprint density at radius 1 is 0.414 bits per heavy atom. The van der Waals surface area contributed by atoms with E-state index in [1.807, 2.05) is 60.8 Å². The lowest BCUT2D eigenvalue weighted by atomic mass is 9.62. The highest BCUT2D eigenvalue weighted by molar-refractivity contribution is 7.99. The molecule has 0 amide bonds. The Bertz CT molecular complexity index is 6730. The van der Waals surface area contributed by atoms with Crippen molar-refractivity contribution in [1.82, 2.24) is 13.7 Å². The standard InChI is InChI=1S/C22H22BNO.C20H19BN2OS.C19H16BClN2OS.C16H13BClNO.C16H17BO.C15H12BNO2.CH4/c25-23-14-13-20-11-12-21(15-22(20)23)24(16-18-7-3-1-4-8-18)17-19-9-5-2-6-10-19;1-14-3-6-19-17(11-14)20(25-10-2-9-22)13-23(19)16-5-4-15-7-8-21(24)18(15)12-16;21-14-3-5-18-16(10-14)19(25-9-1-8-22)12-23(18)15-4-2-13-6-7-20(24)17(13)11-15;18-13-2-4-16-12(9-13)6-8-19(16)14-3-1-11-5-7-17(20)15(11)10-14;18-17-11-10-15-9-8-14(12-16(15)17)7-6-13-4-2-1-3-5-13;1-17-12-5-7-13(8-6-12)19-14-4-2-3-11-9-10-16(18)15(11)14;/h1-12,15,25H,13-14,16-17H2;3-6,11-13,24H,2,7-8,10H2,1H3;2-5,10-12,24H,1,6-7,9H2;1-4,6,8-10,20H,5,7H2;1-5,8-9,12,18H,6-7,10-11H2;2-8,18H,9-10H2;1H4. The van der Waals surface area contributed by atoms with Crippen LogP contribution >= 0.6 is 46.7 Å². The molecule has 0 spiro atoms. The third kappa shape index (κ3) is 22.6. The summed E-state index contributed by atoms with van der Waals surface area (Å²) in [5, 5.41) is 83.1. The SMILES string of the molecule is C.Cc1ccc2c(c1)c(SCCC#N)cn2-c1ccc2c(c1)B(O)CC2.N#CCCSc1cn(-c2ccc3c(c2)B(O)CC3)c2ccc(Cl)cc12.OB1CCc2ccc(-n3ccc4cc(Cl)ccc43)cc21.OB1CCc2ccc(CCc3ccccc3)cc21.OB1CCc2ccc(N(Cc3ccccc3)Cc3ccccc3)cc21.[C-]#[N+]c1ccc(Oc2cccc3c2B(O)CC3)cc1. The molecule has 9 heterocycles. The maximum atomic E-state index is 10.2. The van der Waals surface area contributed by atoms with E-state index in [0.717, 1.165) is 207 Å². The van der Waals surface area contributed by atoms with E-state index in [2.05, 4.69) is 261 Å². The largest absolute Gasteiger partial charge is 0.458 e. The number of nitriles is 2. The highest BCUT2D eigenvalue weighted by Gasteiger charge is 2.32. The Hall–Kier alpha value is -12.0. The molecule has 6 N–H and O–H groups in total. The van der Waals surface area contributed by atoms with Crippen LogP contribution in [0.3, 0.4) is 0 Å². The van der Waals surface area contributed by atoms with Gasteiger partial charge in [0.25, 0.3) is 0 Å². The first kappa shape index (κ1) is 94.2. The Morgan fingerprint density at radius 2 is 0.850 bits per heavy atom. The van der Waals surface area contributed by atoms with Crippen LogP contribution in [-0.2, 0) is 64.5 Å². The van der Waals surface area contributed by atoms with E-state index in [4.69, 9.17) is 45.0 Å². The summed E-state index contributed by atoms with van der Waals surface area (Å²) in [4.78, 5) is 8.05. The predicted molar refractivity (Wildman–Crippen MR) is 559 cm³/mol. The molecule has 24 heteroatoms. The number of halogens is 2. The van der Waals surface area contributed by atoms with Gasteiger partial charge in [-0.05, 0) is 278 Å². The van der Waals surface area contributed by atoms with E-state index in [9.17, 15) is 30.1 Å². The lowest BCUT2D eigenvalue weighted by Crippen LogP contribution is -2.28. The van der Waals surface area contributed by atoms with Gasteiger partial charge in [-0.25, -0.2) is 4.85 Å². The van der Waals surface area contributed by atoms with Gasteiger partial charge in [0.15, 0.2) is 5.69 Å². The van der Waals surface area contributed by atoms with Gasteiger partial charge in [-0.15, -0.1) is 23.5 Å². The van der Waals surface area contributed by atoms with E-state index >= 15 is 0 Å². The normalized spacial score (nSPS) is 13.2. The minimum atomic E-state index is -0.436. The van der Waals surface area contributed by atoms with Crippen LogP contribution < -0.4 is 42.4 Å². The minimum Gasteiger partial charge on any atom is -0.458 e. The van der Waals surface area contributed by atoms with Crippen LogP contribution in [0, 0.1) is 36.2 Å². The zero-order valence-electron chi connectivity index (χ0n) is 73.8. The van der Waals surface area contributed by atoms with Crippen LogP contribution in [-0.4, -0.2) is 96.8 Å². The van der Waals surface area contributed by atoms with Crippen molar-refractivity contribution < 1.29 is 34.9 Å². The number of rotatable bonds is 19. The summed E-state index contributed by atoms with van der Waals surface area (Å²) in [6.45, 7) is 8.70. The molecular weight excluding hydrogens is 1720 g/mol. The minimum absolute atomic E-state index is 0. The summed E-state index contributed by atoms with van der Waals surface area (Å²) in [5.74, 6) is 2.94. The van der Waals surface area contributed by atoms with Gasteiger partial charge in [-0.1, -0.05) is 228 Å². The number of aromatic nitrogens is 3. The molecule has 0 bridgehead atoms. The summed E-state index contributed by atoms with van der Waals surface area (Å²) in [5.41, 5.74) is 28.7. The summed E-state index contributed by atoms with van der Waals surface area (Å²) < 4.78 is 12.3.